The van der Waals surface area contributed by atoms with Gasteiger partial charge < -0.3 is 5.32 Å². The van der Waals surface area contributed by atoms with Gasteiger partial charge in [0.05, 0.1) is 17.3 Å². The van der Waals surface area contributed by atoms with Crippen molar-refractivity contribution in [1.82, 2.24) is 20.2 Å². The van der Waals surface area contributed by atoms with E-state index in [0.717, 1.165) is 36.9 Å². The summed E-state index contributed by atoms with van der Waals surface area (Å²) in [6, 6.07) is 0.736. The van der Waals surface area contributed by atoms with E-state index in [9.17, 15) is 4.79 Å². The summed E-state index contributed by atoms with van der Waals surface area (Å²) in [7, 11) is 0. The highest BCUT2D eigenvalue weighted by atomic mass is 16.2. The topological polar surface area (TPSA) is 58.1 Å². The summed E-state index contributed by atoms with van der Waals surface area (Å²) in [5, 5.41) is 3.05. The first kappa shape index (κ1) is 15.4. The van der Waals surface area contributed by atoms with Gasteiger partial charge in [-0.2, -0.15) is 0 Å². The number of hydrogen-bond donors (Lipinski definition) is 1. The Hall–Kier alpha value is -1.49. The molecular weight excluding hydrogens is 276 g/mol. The van der Waals surface area contributed by atoms with Gasteiger partial charge in [-0.25, -0.2) is 0 Å². The summed E-state index contributed by atoms with van der Waals surface area (Å²) in [5.74, 6) is 0.387. The second-order valence-electron chi connectivity index (χ2n) is 6.57. The third kappa shape index (κ3) is 3.64. The molecule has 5 heteroatoms. The molecule has 1 N–H and O–H groups in total. The monoisotopic (exact) mass is 302 g/mol. The Morgan fingerprint density at radius 1 is 1.23 bits per heavy atom. The van der Waals surface area contributed by atoms with Gasteiger partial charge in [0.15, 0.2) is 0 Å². The first-order chi connectivity index (χ1) is 10.7. The molecule has 1 aliphatic carbocycles. The summed E-state index contributed by atoms with van der Waals surface area (Å²) in [6.07, 6.45) is 10.9. The molecule has 3 rings (SSSR count). The van der Waals surface area contributed by atoms with Gasteiger partial charge in [0.2, 0.25) is 5.91 Å². The summed E-state index contributed by atoms with van der Waals surface area (Å²) in [6.45, 7) is 4.50. The second-order valence-corrected chi connectivity index (χ2v) is 6.57. The van der Waals surface area contributed by atoms with Gasteiger partial charge >= 0.3 is 0 Å². The van der Waals surface area contributed by atoms with Crippen LogP contribution in [0, 0.1) is 12.8 Å². The molecule has 1 saturated carbocycles. The van der Waals surface area contributed by atoms with E-state index in [-0.39, 0.29) is 11.8 Å². The van der Waals surface area contributed by atoms with E-state index in [1.807, 2.05) is 6.92 Å². The maximum absolute atomic E-state index is 12.2. The largest absolute Gasteiger partial charge is 0.355 e. The third-order valence-electron chi connectivity index (χ3n) is 5.02. The van der Waals surface area contributed by atoms with Crippen molar-refractivity contribution in [2.75, 3.05) is 19.6 Å². The van der Waals surface area contributed by atoms with Crippen molar-refractivity contribution in [3.05, 3.63) is 23.8 Å². The fourth-order valence-electron chi connectivity index (χ4n) is 3.55. The summed E-state index contributed by atoms with van der Waals surface area (Å²) < 4.78 is 0. The zero-order valence-electron chi connectivity index (χ0n) is 13.4. The molecule has 1 saturated heterocycles. The van der Waals surface area contributed by atoms with E-state index >= 15 is 0 Å². The highest BCUT2D eigenvalue weighted by Gasteiger charge is 2.36. The van der Waals surface area contributed by atoms with Gasteiger partial charge in [0.1, 0.15) is 0 Å². The fourth-order valence-corrected chi connectivity index (χ4v) is 3.55. The zero-order chi connectivity index (χ0) is 15.4. The Morgan fingerprint density at radius 2 is 1.95 bits per heavy atom. The number of carbonyl (C=O) groups excluding carboxylic acids is 1. The number of likely N-dealkylation sites (tertiary alicyclic amines) is 1. The zero-order valence-corrected chi connectivity index (χ0v) is 13.4. The van der Waals surface area contributed by atoms with Crippen LogP contribution in [0.1, 0.15) is 43.5 Å². The SMILES string of the molecule is Cc1nccnc1CCNC(=O)C1CN(C2CCCCC2)C1. The molecule has 0 unspecified atom stereocenters. The van der Waals surface area contributed by atoms with Crippen LogP contribution < -0.4 is 5.32 Å². The Morgan fingerprint density at radius 3 is 2.68 bits per heavy atom. The molecule has 1 aliphatic heterocycles. The van der Waals surface area contributed by atoms with Gasteiger partial charge in [-0.05, 0) is 19.8 Å². The number of aromatic nitrogens is 2. The van der Waals surface area contributed by atoms with Crippen molar-refractivity contribution >= 4 is 5.91 Å². The van der Waals surface area contributed by atoms with Crippen molar-refractivity contribution in [1.29, 1.82) is 0 Å². The van der Waals surface area contributed by atoms with Crippen molar-refractivity contribution in [2.24, 2.45) is 5.92 Å². The number of aryl methyl sites for hydroxylation is 1. The second kappa shape index (κ2) is 7.18. The van der Waals surface area contributed by atoms with Crippen molar-refractivity contribution in [2.45, 2.75) is 51.5 Å². The lowest BCUT2D eigenvalue weighted by Gasteiger charge is -2.45. The number of nitrogens with zero attached hydrogens (tertiary/aromatic N) is 3. The number of nitrogens with one attached hydrogen (secondary N) is 1. The van der Waals surface area contributed by atoms with Gasteiger partial charge in [0.25, 0.3) is 0 Å². The van der Waals surface area contributed by atoms with Crippen LogP contribution in [-0.2, 0) is 11.2 Å². The quantitative estimate of drug-likeness (QED) is 0.899. The molecule has 2 fully saturated rings. The minimum Gasteiger partial charge on any atom is -0.355 e. The van der Waals surface area contributed by atoms with Crippen LogP contribution in [0.25, 0.3) is 0 Å². The molecule has 2 aliphatic rings. The van der Waals surface area contributed by atoms with Gasteiger partial charge in [0, 0.05) is 44.5 Å². The predicted octanol–water partition coefficient (Wildman–Crippen LogP) is 1.71. The minimum absolute atomic E-state index is 0.185. The highest BCUT2D eigenvalue weighted by Crippen LogP contribution is 2.28. The lowest BCUT2D eigenvalue weighted by molar-refractivity contribution is -0.131. The maximum Gasteiger partial charge on any atom is 0.225 e. The Balaban J connectivity index is 1.36. The standard InChI is InChI=1S/C17H26N4O/c1-13-16(19-10-9-18-13)7-8-20-17(22)14-11-21(12-14)15-5-3-2-4-6-15/h9-10,14-15H,2-8,11-12H2,1H3,(H,20,22). The molecule has 0 atom stereocenters. The Kier molecular flexibility index (Phi) is 5.03. The first-order valence-electron chi connectivity index (χ1n) is 8.52. The van der Waals surface area contributed by atoms with Crippen molar-refractivity contribution in [3.63, 3.8) is 0 Å². The van der Waals surface area contributed by atoms with E-state index in [2.05, 4.69) is 20.2 Å². The van der Waals surface area contributed by atoms with Crippen LogP contribution in [0.3, 0.4) is 0 Å². The number of rotatable bonds is 5. The van der Waals surface area contributed by atoms with E-state index in [4.69, 9.17) is 0 Å². The highest BCUT2D eigenvalue weighted by molar-refractivity contribution is 5.80. The molecule has 0 spiro atoms. The molecule has 0 aromatic carbocycles. The van der Waals surface area contributed by atoms with Crippen LogP contribution in [0.4, 0.5) is 0 Å². The van der Waals surface area contributed by atoms with Gasteiger partial charge in [-0.1, -0.05) is 19.3 Å². The van der Waals surface area contributed by atoms with Crippen LogP contribution in [0.15, 0.2) is 12.4 Å². The van der Waals surface area contributed by atoms with Crippen LogP contribution in [-0.4, -0.2) is 46.5 Å². The van der Waals surface area contributed by atoms with E-state index < -0.39 is 0 Å². The fraction of sp³-hybridized carbons (Fsp3) is 0.706. The molecule has 5 nitrogen and oxygen atoms in total. The number of carbonyl (C=O) groups is 1. The normalized spacial score (nSPS) is 20.6. The summed E-state index contributed by atoms with van der Waals surface area (Å²) in [4.78, 5) is 23.2. The average molecular weight is 302 g/mol. The maximum atomic E-state index is 12.2. The molecule has 1 aromatic heterocycles. The molecular formula is C17H26N4O. The lowest BCUT2D eigenvalue weighted by atomic mass is 9.88. The predicted molar refractivity (Wildman–Crippen MR) is 85.4 cm³/mol. The van der Waals surface area contributed by atoms with Crippen molar-refractivity contribution < 1.29 is 4.79 Å². The van der Waals surface area contributed by atoms with Crippen LogP contribution >= 0.6 is 0 Å². The van der Waals surface area contributed by atoms with Crippen LogP contribution in [0.2, 0.25) is 0 Å². The van der Waals surface area contributed by atoms with E-state index in [1.165, 1.54) is 32.1 Å². The molecule has 1 aromatic rings. The first-order valence-corrected chi connectivity index (χ1v) is 8.52. The van der Waals surface area contributed by atoms with E-state index in [0.29, 0.717) is 6.54 Å². The minimum atomic E-state index is 0.185. The molecule has 120 valence electrons. The molecule has 22 heavy (non-hydrogen) atoms. The van der Waals surface area contributed by atoms with Gasteiger partial charge in [-0.15, -0.1) is 0 Å². The average Bonchev–Trinajstić information content (AvgIpc) is 2.49. The summed E-state index contributed by atoms with van der Waals surface area (Å²) in [5.41, 5.74) is 1.92. The molecule has 0 radical (unpaired) electrons. The lowest BCUT2D eigenvalue weighted by Crippen LogP contribution is -2.57. The van der Waals surface area contributed by atoms with E-state index in [1.54, 1.807) is 12.4 Å². The summed E-state index contributed by atoms with van der Waals surface area (Å²) >= 11 is 0. The van der Waals surface area contributed by atoms with Crippen molar-refractivity contribution in [3.8, 4) is 0 Å². The van der Waals surface area contributed by atoms with Gasteiger partial charge in [-0.3, -0.25) is 19.7 Å². The molecule has 0 bridgehead atoms. The smallest absolute Gasteiger partial charge is 0.225 e. The van der Waals surface area contributed by atoms with Crippen LogP contribution in [0.5, 0.6) is 0 Å². The molecule has 1 amide bonds. The Labute approximate surface area is 132 Å². The Bertz CT molecular complexity index is 507. The molecule has 2 heterocycles. The number of hydrogen-bond acceptors (Lipinski definition) is 4. The number of amides is 1. The third-order valence-corrected chi connectivity index (χ3v) is 5.02.